The van der Waals surface area contributed by atoms with Gasteiger partial charge in [-0.1, -0.05) is 48.0 Å². The van der Waals surface area contributed by atoms with E-state index in [1.165, 1.54) is 24.3 Å². The summed E-state index contributed by atoms with van der Waals surface area (Å²) in [7, 11) is 0. The largest absolute Gasteiger partial charge is 0.416 e. The van der Waals surface area contributed by atoms with Crippen molar-refractivity contribution in [1.82, 2.24) is 10.6 Å². The van der Waals surface area contributed by atoms with E-state index in [-0.39, 0.29) is 19.5 Å². The van der Waals surface area contributed by atoms with Crippen LogP contribution in [0.15, 0.2) is 72.8 Å². The van der Waals surface area contributed by atoms with Crippen molar-refractivity contribution < 1.29 is 27.5 Å². The van der Waals surface area contributed by atoms with Crippen LogP contribution in [0.25, 0.3) is 0 Å². The Labute approximate surface area is 199 Å². The Kier molecular flexibility index (Phi) is 8.66. The van der Waals surface area contributed by atoms with Crippen LogP contribution in [0.2, 0.25) is 5.02 Å². The molecule has 3 aromatic carbocycles. The number of halogens is 5. The molecule has 0 spiro atoms. The highest BCUT2D eigenvalue weighted by Crippen LogP contribution is 2.29. The molecule has 0 unspecified atom stereocenters. The minimum absolute atomic E-state index is 0.00205. The predicted molar refractivity (Wildman–Crippen MR) is 122 cm³/mol. The number of amides is 1. The fourth-order valence-corrected chi connectivity index (χ4v) is 3.59. The lowest BCUT2D eigenvalue weighted by molar-refractivity contribution is -0.137. The molecule has 0 aromatic heterocycles. The predicted octanol–water partition coefficient (Wildman–Crippen LogP) is 4.99. The van der Waals surface area contributed by atoms with Gasteiger partial charge in [0.05, 0.1) is 17.7 Å². The molecule has 180 valence electrons. The molecular formula is C25H23ClF4N2O2. The molecule has 0 aliphatic rings. The molecular weight excluding hydrogens is 472 g/mol. The fraction of sp³-hybridized carbons (Fsp3) is 0.240. The van der Waals surface area contributed by atoms with Gasteiger partial charge in [-0.25, -0.2) is 4.39 Å². The van der Waals surface area contributed by atoms with Gasteiger partial charge in [-0.2, -0.15) is 13.2 Å². The van der Waals surface area contributed by atoms with Crippen LogP contribution in [0.3, 0.4) is 0 Å². The molecule has 2 atom stereocenters. The van der Waals surface area contributed by atoms with Crippen LogP contribution in [0.1, 0.15) is 27.0 Å². The third-order valence-electron chi connectivity index (χ3n) is 5.17. The number of rotatable bonds is 9. The van der Waals surface area contributed by atoms with Crippen LogP contribution in [0.4, 0.5) is 17.6 Å². The quantitative estimate of drug-likeness (QED) is 0.367. The number of aliphatic hydroxyl groups excluding tert-OH is 1. The Bertz CT molecular complexity index is 1110. The maximum atomic E-state index is 13.3. The van der Waals surface area contributed by atoms with E-state index in [1.54, 1.807) is 36.4 Å². The molecule has 0 radical (unpaired) electrons. The van der Waals surface area contributed by atoms with Crippen molar-refractivity contribution in [3.63, 3.8) is 0 Å². The Hall–Kier alpha value is -2.94. The normalized spacial score (nSPS) is 13.4. The lowest BCUT2D eigenvalue weighted by atomic mass is 10.00. The summed E-state index contributed by atoms with van der Waals surface area (Å²) >= 11 is 5.95. The Morgan fingerprint density at radius 1 is 0.971 bits per heavy atom. The second-order valence-corrected chi connectivity index (χ2v) is 8.25. The lowest BCUT2D eigenvalue weighted by Gasteiger charge is -2.25. The standard InChI is InChI=1S/C25H23ClF4N2O2/c26-20-6-2-4-18(13-20)24(34)32-22(12-16-7-9-21(27)10-8-16)23(33)15-31-14-17-3-1-5-19(11-17)25(28,29)30/h1-11,13,22-23,31,33H,12,14-15H2,(H,32,34)/t22-,23-/m0/s1. The highest BCUT2D eigenvalue weighted by Gasteiger charge is 2.30. The molecule has 0 aliphatic carbocycles. The van der Waals surface area contributed by atoms with Gasteiger partial charge in [-0.05, 0) is 53.9 Å². The van der Waals surface area contributed by atoms with Crippen LogP contribution in [0.5, 0.6) is 0 Å². The van der Waals surface area contributed by atoms with Crippen LogP contribution in [0, 0.1) is 5.82 Å². The number of hydrogen-bond acceptors (Lipinski definition) is 3. The highest BCUT2D eigenvalue weighted by molar-refractivity contribution is 6.30. The van der Waals surface area contributed by atoms with Gasteiger partial charge in [0.25, 0.3) is 5.91 Å². The van der Waals surface area contributed by atoms with Gasteiger partial charge in [0.2, 0.25) is 0 Å². The number of aliphatic hydroxyl groups is 1. The number of benzene rings is 3. The van der Waals surface area contributed by atoms with E-state index in [4.69, 9.17) is 11.6 Å². The summed E-state index contributed by atoms with van der Waals surface area (Å²) in [5, 5.41) is 16.9. The second-order valence-electron chi connectivity index (χ2n) is 7.82. The van der Waals surface area contributed by atoms with E-state index in [0.717, 1.165) is 12.1 Å². The smallest absolute Gasteiger partial charge is 0.390 e. The van der Waals surface area contributed by atoms with Gasteiger partial charge >= 0.3 is 6.18 Å². The molecule has 0 saturated heterocycles. The first-order chi connectivity index (χ1) is 16.1. The van der Waals surface area contributed by atoms with Crippen molar-refractivity contribution in [3.05, 3.63) is 106 Å². The summed E-state index contributed by atoms with van der Waals surface area (Å²) in [5.41, 5.74) is 0.644. The number of alkyl halides is 3. The molecule has 0 fully saturated rings. The maximum Gasteiger partial charge on any atom is 0.416 e. The Balaban J connectivity index is 1.67. The molecule has 3 rings (SSSR count). The zero-order valence-electron chi connectivity index (χ0n) is 17.9. The molecule has 4 nitrogen and oxygen atoms in total. The first kappa shape index (κ1) is 25.7. The van der Waals surface area contributed by atoms with E-state index in [2.05, 4.69) is 10.6 Å². The van der Waals surface area contributed by atoms with E-state index >= 15 is 0 Å². The number of carbonyl (C=O) groups excluding carboxylic acids is 1. The van der Waals surface area contributed by atoms with Crippen molar-refractivity contribution in [1.29, 1.82) is 0 Å². The van der Waals surface area contributed by atoms with Crippen molar-refractivity contribution >= 4 is 17.5 Å². The van der Waals surface area contributed by atoms with Gasteiger partial charge in [-0.15, -0.1) is 0 Å². The molecule has 3 N–H and O–H groups in total. The fourth-order valence-electron chi connectivity index (χ4n) is 3.40. The molecule has 0 bridgehead atoms. The van der Waals surface area contributed by atoms with Crippen molar-refractivity contribution in [2.24, 2.45) is 0 Å². The average Bonchev–Trinajstić information content (AvgIpc) is 2.79. The van der Waals surface area contributed by atoms with Crippen LogP contribution in [-0.4, -0.2) is 29.7 Å². The van der Waals surface area contributed by atoms with E-state index < -0.39 is 35.6 Å². The van der Waals surface area contributed by atoms with Crippen molar-refractivity contribution in [2.45, 2.75) is 31.3 Å². The van der Waals surface area contributed by atoms with E-state index in [1.807, 2.05) is 0 Å². The third kappa shape index (κ3) is 7.55. The molecule has 0 heterocycles. The number of nitrogens with one attached hydrogen (secondary N) is 2. The first-order valence-corrected chi connectivity index (χ1v) is 10.9. The molecule has 3 aromatic rings. The summed E-state index contributed by atoms with van der Waals surface area (Å²) in [5.74, 6) is -0.863. The number of carbonyl (C=O) groups is 1. The van der Waals surface area contributed by atoms with Crippen molar-refractivity contribution in [2.75, 3.05) is 6.54 Å². The van der Waals surface area contributed by atoms with Gasteiger partial charge in [0, 0.05) is 23.7 Å². The van der Waals surface area contributed by atoms with Crippen LogP contribution < -0.4 is 10.6 Å². The minimum Gasteiger partial charge on any atom is -0.390 e. The highest BCUT2D eigenvalue weighted by atomic mass is 35.5. The third-order valence-corrected chi connectivity index (χ3v) is 5.41. The van der Waals surface area contributed by atoms with Crippen molar-refractivity contribution in [3.8, 4) is 0 Å². The zero-order chi connectivity index (χ0) is 24.7. The average molecular weight is 495 g/mol. The molecule has 9 heteroatoms. The van der Waals surface area contributed by atoms with E-state index in [9.17, 15) is 27.5 Å². The summed E-state index contributed by atoms with van der Waals surface area (Å²) in [6.45, 7) is 0.0877. The maximum absolute atomic E-state index is 13.3. The Morgan fingerprint density at radius 3 is 2.35 bits per heavy atom. The van der Waals surface area contributed by atoms with Gasteiger partial charge in [-0.3, -0.25) is 4.79 Å². The van der Waals surface area contributed by atoms with Gasteiger partial charge in [0.15, 0.2) is 0 Å². The molecule has 1 amide bonds. The van der Waals surface area contributed by atoms with Gasteiger partial charge < -0.3 is 15.7 Å². The first-order valence-electron chi connectivity index (χ1n) is 10.5. The summed E-state index contributed by atoms with van der Waals surface area (Å²) < 4.78 is 52.0. The summed E-state index contributed by atoms with van der Waals surface area (Å²) in [4.78, 5) is 12.7. The topological polar surface area (TPSA) is 61.4 Å². The summed E-state index contributed by atoms with van der Waals surface area (Å²) in [6, 6.07) is 16.1. The Morgan fingerprint density at radius 2 is 1.68 bits per heavy atom. The van der Waals surface area contributed by atoms with Gasteiger partial charge in [0.1, 0.15) is 5.82 Å². The SMILES string of the molecule is O=C(N[C@@H](Cc1ccc(F)cc1)[C@@H](O)CNCc1cccc(C(F)(F)F)c1)c1cccc(Cl)c1. The van der Waals surface area contributed by atoms with Crippen LogP contribution >= 0.6 is 11.6 Å². The molecule has 34 heavy (non-hydrogen) atoms. The van der Waals surface area contributed by atoms with E-state index in [0.29, 0.717) is 21.7 Å². The zero-order valence-corrected chi connectivity index (χ0v) is 18.7. The number of hydrogen-bond donors (Lipinski definition) is 3. The summed E-state index contributed by atoms with van der Waals surface area (Å²) in [6.07, 6.45) is -5.32. The monoisotopic (exact) mass is 494 g/mol. The second kappa shape index (κ2) is 11.5. The lowest BCUT2D eigenvalue weighted by Crippen LogP contribution is -2.48. The van der Waals surface area contributed by atoms with Crippen LogP contribution in [-0.2, 0) is 19.1 Å². The molecule has 0 saturated carbocycles. The molecule has 0 aliphatic heterocycles. The minimum atomic E-state index is -4.44.